The van der Waals surface area contributed by atoms with Crippen molar-refractivity contribution in [2.45, 2.75) is 24.4 Å². The summed E-state index contributed by atoms with van der Waals surface area (Å²) in [6.07, 6.45) is 2.05. The maximum Gasteiger partial charge on any atom is 0.314 e. The molecule has 7 heteroatoms. The number of hydrogen-bond donors (Lipinski definition) is 2. The Kier molecular flexibility index (Phi) is 8.02. The summed E-state index contributed by atoms with van der Waals surface area (Å²) in [5, 5.41) is 6.24. The fourth-order valence-electron chi connectivity index (χ4n) is 3.98. The lowest BCUT2D eigenvalue weighted by molar-refractivity contribution is -0.0124. The molecule has 2 atom stereocenters. The van der Waals surface area contributed by atoms with Gasteiger partial charge in [0.1, 0.15) is 0 Å². The number of urea groups is 1. The average molecular weight is 407 g/mol. The van der Waals surface area contributed by atoms with Crippen molar-refractivity contribution in [1.29, 1.82) is 0 Å². The minimum atomic E-state index is -0.0653. The number of thioether (sulfide) groups is 1. The van der Waals surface area contributed by atoms with Crippen LogP contribution in [0.2, 0.25) is 0 Å². The van der Waals surface area contributed by atoms with E-state index in [1.807, 2.05) is 17.8 Å². The van der Waals surface area contributed by atoms with Crippen LogP contribution >= 0.6 is 11.8 Å². The number of benzene rings is 1. The summed E-state index contributed by atoms with van der Waals surface area (Å²) in [6, 6.07) is 10.6. The van der Waals surface area contributed by atoms with Gasteiger partial charge >= 0.3 is 6.03 Å². The first kappa shape index (κ1) is 21.4. The normalized spacial score (nSPS) is 24.2. The van der Waals surface area contributed by atoms with Crippen LogP contribution in [-0.2, 0) is 11.2 Å². The van der Waals surface area contributed by atoms with Gasteiger partial charge in [-0.2, -0.15) is 11.8 Å². The van der Waals surface area contributed by atoms with Gasteiger partial charge in [0, 0.05) is 43.5 Å². The predicted molar refractivity (Wildman–Crippen MR) is 116 cm³/mol. The number of hydrogen-bond acceptors (Lipinski definition) is 5. The highest BCUT2D eigenvalue weighted by Gasteiger charge is 2.40. The summed E-state index contributed by atoms with van der Waals surface area (Å²) in [5.41, 5.74) is 1.37. The molecule has 0 bridgehead atoms. The van der Waals surface area contributed by atoms with Crippen LogP contribution in [0.5, 0.6) is 0 Å². The highest BCUT2D eigenvalue weighted by molar-refractivity contribution is 7.99. The number of nitrogens with zero attached hydrogens (tertiary/aromatic N) is 2. The van der Waals surface area contributed by atoms with Crippen LogP contribution in [-0.4, -0.2) is 92.4 Å². The van der Waals surface area contributed by atoms with Crippen molar-refractivity contribution in [2.24, 2.45) is 0 Å². The second-order valence-corrected chi connectivity index (χ2v) is 9.10. The van der Waals surface area contributed by atoms with E-state index in [1.54, 1.807) is 0 Å². The van der Waals surface area contributed by atoms with Crippen molar-refractivity contribution < 1.29 is 9.53 Å². The quantitative estimate of drug-likeness (QED) is 0.688. The zero-order chi connectivity index (χ0) is 19.8. The Hall–Kier alpha value is -1.28. The van der Waals surface area contributed by atoms with E-state index in [9.17, 15) is 4.79 Å². The van der Waals surface area contributed by atoms with Crippen LogP contribution in [0.4, 0.5) is 4.79 Å². The number of likely N-dealkylation sites (N-methyl/N-ethyl adjacent to an activating group) is 1. The fourth-order valence-corrected chi connectivity index (χ4v) is 5.45. The molecule has 0 aromatic heterocycles. The summed E-state index contributed by atoms with van der Waals surface area (Å²) in [5.74, 6) is 2.25. The standard InChI is InChI=1S/C21H34N4O2S/c1-24(2)19(14-18-6-4-3-5-7-18)15-22-20(26)23-16-21(8-13-28-17-21)25-9-11-27-12-10-25/h3-7,19H,8-17H2,1-2H3,(H2,22,23,26). The minimum Gasteiger partial charge on any atom is -0.379 e. The molecule has 0 spiro atoms. The van der Waals surface area contributed by atoms with E-state index in [-0.39, 0.29) is 17.6 Å². The third kappa shape index (κ3) is 5.86. The van der Waals surface area contributed by atoms with E-state index in [0.29, 0.717) is 13.1 Å². The van der Waals surface area contributed by atoms with Gasteiger partial charge in [-0.3, -0.25) is 4.90 Å². The summed E-state index contributed by atoms with van der Waals surface area (Å²) in [7, 11) is 4.13. The van der Waals surface area contributed by atoms with Crippen molar-refractivity contribution in [3.8, 4) is 0 Å². The number of morpholine rings is 1. The Morgan fingerprint density at radius 2 is 2.00 bits per heavy atom. The third-order valence-corrected chi connectivity index (χ3v) is 7.12. The van der Waals surface area contributed by atoms with Crippen LogP contribution in [0.25, 0.3) is 0 Å². The molecule has 2 aliphatic heterocycles. The number of rotatable bonds is 8. The number of carbonyl (C=O) groups excluding carboxylic acids is 1. The number of nitrogens with one attached hydrogen (secondary N) is 2. The molecule has 0 radical (unpaired) electrons. The lowest BCUT2D eigenvalue weighted by Gasteiger charge is -2.43. The third-order valence-electron chi connectivity index (χ3n) is 5.89. The molecule has 1 aromatic carbocycles. The van der Waals surface area contributed by atoms with Crippen molar-refractivity contribution >= 4 is 17.8 Å². The average Bonchev–Trinajstić information content (AvgIpc) is 3.21. The Bertz CT molecular complexity index is 602. The molecule has 2 amide bonds. The predicted octanol–water partition coefficient (Wildman–Crippen LogP) is 1.67. The maximum atomic E-state index is 12.5. The second kappa shape index (κ2) is 10.5. The van der Waals surface area contributed by atoms with Gasteiger partial charge in [0.05, 0.1) is 13.2 Å². The molecule has 156 valence electrons. The fraction of sp³-hybridized carbons (Fsp3) is 0.667. The van der Waals surface area contributed by atoms with Crippen molar-refractivity contribution in [3.63, 3.8) is 0 Å². The van der Waals surface area contributed by atoms with E-state index >= 15 is 0 Å². The molecule has 2 unspecified atom stereocenters. The Morgan fingerprint density at radius 3 is 2.64 bits per heavy atom. The van der Waals surface area contributed by atoms with Gasteiger partial charge in [0.25, 0.3) is 0 Å². The first-order valence-electron chi connectivity index (χ1n) is 10.2. The molecular formula is C21H34N4O2S. The lowest BCUT2D eigenvalue weighted by atomic mass is 9.95. The molecule has 2 N–H and O–H groups in total. The molecule has 2 heterocycles. The van der Waals surface area contributed by atoms with Gasteiger partial charge in [-0.15, -0.1) is 0 Å². The molecule has 0 saturated carbocycles. The zero-order valence-corrected chi connectivity index (χ0v) is 18.0. The summed E-state index contributed by atoms with van der Waals surface area (Å²) >= 11 is 1.99. The summed E-state index contributed by atoms with van der Waals surface area (Å²) < 4.78 is 5.51. The smallest absolute Gasteiger partial charge is 0.314 e. The number of carbonyl (C=O) groups is 1. The van der Waals surface area contributed by atoms with E-state index in [2.05, 4.69) is 58.8 Å². The highest BCUT2D eigenvalue weighted by Crippen LogP contribution is 2.33. The number of amides is 2. The number of ether oxygens (including phenoxy) is 1. The second-order valence-electron chi connectivity index (χ2n) is 8.00. The van der Waals surface area contributed by atoms with Crippen LogP contribution in [0, 0.1) is 0 Å². The van der Waals surface area contributed by atoms with E-state index in [1.165, 1.54) is 11.3 Å². The molecule has 28 heavy (non-hydrogen) atoms. The SMILES string of the molecule is CN(C)C(CNC(=O)NCC1(N2CCOCC2)CCSC1)Cc1ccccc1. The van der Waals surface area contributed by atoms with Crippen molar-refractivity contribution in [2.75, 3.05) is 65.0 Å². The van der Waals surface area contributed by atoms with Crippen molar-refractivity contribution in [1.82, 2.24) is 20.4 Å². The van der Waals surface area contributed by atoms with Gasteiger partial charge < -0.3 is 20.3 Å². The van der Waals surface area contributed by atoms with E-state index in [0.717, 1.165) is 44.9 Å². The molecule has 6 nitrogen and oxygen atoms in total. The monoisotopic (exact) mass is 406 g/mol. The Morgan fingerprint density at radius 1 is 1.25 bits per heavy atom. The van der Waals surface area contributed by atoms with Crippen LogP contribution in [0.3, 0.4) is 0 Å². The maximum absolute atomic E-state index is 12.5. The molecule has 2 saturated heterocycles. The van der Waals surface area contributed by atoms with E-state index in [4.69, 9.17) is 4.74 Å². The summed E-state index contributed by atoms with van der Waals surface area (Å²) in [6.45, 7) is 4.85. The first-order valence-corrected chi connectivity index (χ1v) is 11.4. The van der Waals surface area contributed by atoms with Gasteiger partial charge in [-0.1, -0.05) is 30.3 Å². The van der Waals surface area contributed by atoms with Crippen LogP contribution < -0.4 is 10.6 Å². The van der Waals surface area contributed by atoms with Gasteiger partial charge in [-0.25, -0.2) is 4.79 Å². The minimum absolute atomic E-state index is 0.0653. The molecule has 2 fully saturated rings. The molecule has 0 aliphatic carbocycles. The van der Waals surface area contributed by atoms with Gasteiger partial charge in [-0.05, 0) is 38.3 Å². The van der Waals surface area contributed by atoms with Gasteiger partial charge in [0.15, 0.2) is 0 Å². The zero-order valence-electron chi connectivity index (χ0n) is 17.2. The van der Waals surface area contributed by atoms with Crippen molar-refractivity contribution in [3.05, 3.63) is 35.9 Å². The molecule has 2 aliphatic rings. The largest absolute Gasteiger partial charge is 0.379 e. The molecule has 1 aromatic rings. The summed E-state index contributed by atoms with van der Waals surface area (Å²) in [4.78, 5) is 17.2. The van der Waals surface area contributed by atoms with Gasteiger partial charge in [0.2, 0.25) is 0 Å². The Labute approximate surface area is 173 Å². The van der Waals surface area contributed by atoms with Crippen LogP contribution in [0.15, 0.2) is 30.3 Å². The molecule has 3 rings (SSSR count). The van der Waals surface area contributed by atoms with Crippen LogP contribution in [0.1, 0.15) is 12.0 Å². The topological polar surface area (TPSA) is 56.8 Å². The Balaban J connectivity index is 1.48. The van der Waals surface area contributed by atoms with E-state index < -0.39 is 0 Å². The molecular weight excluding hydrogens is 372 g/mol. The lowest BCUT2D eigenvalue weighted by Crippen LogP contribution is -2.60. The highest BCUT2D eigenvalue weighted by atomic mass is 32.2. The first-order chi connectivity index (χ1) is 13.6.